The van der Waals surface area contributed by atoms with Crippen LogP contribution < -0.4 is 15.5 Å². The fraction of sp³-hybridized carbons (Fsp3) is 0. The Balaban J connectivity index is 1.41. The van der Waals surface area contributed by atoms with Crippen molar-refractivity contribution in [1.82, 2.24) is 5.32 Å². The van der Waals surface area contributed by atoms with Crippen molar-refractivity contribution in [3.8, 4) is 0 Å². The largest absolute Gasteiger partial charge is 0.331 e. The highest BCUT2D eigenvalue weighted by molar-refractivity contribution is 7.80. The van der Waals surface area contributed by atoms with E-state index in [0.29, 0.717) is 27.5 Å². The number of carbonyl (C=O) groups excluding carboxylic acids is 3. The molecule has 0 saturated carbocycles. The Hall–Kier alpha value is -3.52. The number of hydrogen-bond acceptors (Lipinski definition) is 4. The van der Waals surface area contributed by atoms with Crippen LogP contribution >= 0.6 is 35.4 Å². The normalized spacial score (nSPS) is 12.7. The molecule has 0 saturated heterocycles. The third-order valence-corrected chi connectivity index (χ3v) is 5.56. The Morgan fingerprint density at radius 1 is 0.909 bits per heavy atom. The third-order valence-electron chi connectivity index (χ3n) is 4.79. The molecule has 3 aromatic carbocycles. The lowest BCUT2D eigenvalue weighted by Gasteiger charge is -2.16. The van der Waals surface area contributed by atoms with Crippen LogP contribution in [0, 0.1) is 0 Å². The SMILES string of the molecule is O=C(C=Cc1ccc(Cl)cc1)NC(=S)Nc1ccc(N2C(=O)c3ccccc3C2=O)cc1Cl. The fourth-order valence-corrected chi connectivity index (χ4v) is 3.78. The van der Waals surface area contributed by atoms with Gasteiger partial charge in [-0.25, -0.2) is 4.90 Å². The highest BCUT2D eigenvalue weighted by Gasteiger charge is 2.36. The first kappa shape index (κ1) is 22.7. The standard InChI is InChI=1S/C24H15Cl2N3O3S/c25-15-8-5-14(6-9-15)7-12-21(30)28-24(33)27-20-11-10-16(13-19(20)26)29-22(31)17-3-1-2-4-18(17)23(29)32/h1-13H,(H2,27,28,30,33). The summed E-state index contributed by atoms with van der Waals surface area (Å²) in [4.78, 5) is 38.5. The second kappa shape index (κ2) is 9.54. The van der Waals surface area contributed by atoms with Gasteiger partial charge in [-0.1, -0.05) is 47.5 Å². The van der Waals surface area contributed by atoms with Gasteiger partial charge in [0.25, 0.3) is 11.8 Å². The van der Waals surface area contributed by atoms with E-state index >= 15 is 0 Å². The monoisotopic (exact) mass is 495 g/mol. The van der Waals surface area contributed by atoms with Crippen LogP contribution in [0.15, 0.2) is 72.8 Å². The maximum absolute atomic E-state index is 12.6. The van der Waals surface area contributed by atoms with Gasteiger partial charge in [0, 0.05) is 11.1 Å². The van der Waals surface area contributed by atoms with Crippen LogP contribution in [0.3, 0.4) is 0 Å². The van der Waals surface area contributed by atoms with Crippen molar-refractivity contribution in [3.05, 3.63) is 99.5 Å². The molecular weight excluding hydrogens is 481 g/mol. The molecule has 3 aromatic rings. The maximum atomic E-state index is 12.6. The predicted molar refractivity (Wildman–Crippen MR) is 134 cm³/mol. The van der Waals surface area contributed by atoms with E-state index in [4.69, 9.17) is 35.4 Å². The average Bonchev–Trinajstić information content (AvgIpc) is 3.05. The summed E-state index contributed by atoms with van der Waals surface area (Å²) in [6.45, 7) is 0. The molecule has 1 aliphatic heterocycles. The molecular formula is C24H15Cl2N3O3S. The number of nitrogens with one attached hydrogen (secondary N) is 2. The summed E-state index contributed by atoms with van der Waals surface area (Å²) in [6.07, 6.45) is 2.96. The third kappa shape index (κ3) is 4.96. The number of thiocarbonyl (C=S) groups is 1. The van der Waals surface area contributed by atoms with Crippen LogP contribution in [-0.4, -0.2) is 22.8 Å². The lowest BCUT2D eigenvalue weighted by Crippen LogP contribution is -2.33. The van der Waals surface area contributed by atoms with Gasteiger partial charge in [0.2, 0.25) is 5.91 Å². The van der Waals surface area contributed by atoms with E-state index in [0.717, 1.165) is 10.5 Å². The molecule has 1 aliphatic rings. The van der Waals surface area contributed by atoms with E-state index in [1.807, 2.05) is 0 Å². The van der Waals surface area contributed by atoms with Gasteiger partial charge in [-0.3, -0.25) is 19.7 Å². The molecule has 33 heavy (non-hydrogen) atoms. The summed E-state index contributed by atoms with van der Waals surface area (Å²) in [6, 6.07) is 18.2. The lowest BCUT2D eigenvalue weighted by atomic mass is 10.1. The molecule has 4 rings (SSSR count). The lowest BCUT2D eigenvalue weighted by molar-refractivity contribution is -0.115. The molecule has 0 radical (unpaired) electrons. The van der Waals surface area contributed by atoms with Crippen molar-refractivity contribution in [1.29, 1.82) is 0 Å². The Morgan fingerprint density at radius 3 is 2.15 bits per heavy atom. The molecule has 164 valence electrons. The Bertz CT molecular complexity index is 1290. The minimum Gasteiger partial charge on any atom is -0.331 e. The molecule has 3 amide bonds. The molecule has 2 N–H and O–H groups in total. The molecule has 6 nitrogen and oxygen atoms in total. The van der Waals surface area contributed by atoms with Gasteiger partial charge < -0.3 is 5.32 Å². The summed E-state index contributed by atoms with van der Waals surface area (Å²) in [7, 11) is 0. The van der Waals surface area contributed by atoms with E-state index in [1.165, 1.54) is 12.1 Å². The first-order valence-corrected chi connectivity index (χ1v) is 10.8. The van der Waals surface area contributed by atoms with Gasteiger partial charge in [-0.2, -0.15) is 0 Å². The van der Waals surface area contributed by atoms with Gasteiger partial charge in [-0.05, 0) is 66.3 Å². The number of rotatable bonds is 4. The highest BCUT2D eigenvalue weighted by Crippen LogP contribution is 2.32. The zero-order chi connectivity index (χ0) is 23.5. The minimum absolute atomic E-state index is 0.0381. The number of fused-ring (bicyclic) bond motifs is 1. The second-order valence-electron chi connectivity index (χ2n) is 6.98. The molecule has 1 heterocycles. The van der Waals surface area contributed by atoms with Crippen LogP contribution in [0.4, 0.5) is 11.4 Å². The highest BCUT2D eigenvalue weighted by atomic mass is 35.5. The first-order valence-electron chi connectivity index (χ1n) is 9.66. The number of carbonyl (C=O) groups is 3. The molecule has 0 unspecified atom stereocenters. The van der Waals surface area contributed by atoms with Crippen LogP contribution in [-0.2, 0) is 4.79 Å². The topological polar surface area (TPSA) is 78.5 Å². The quantitative estimate of drug-likeness (QED) is 0.291. The van der Waals surface area contributed by atoms with Crippen LogP contribution in [0.1, 0.15) is 26.3 Å². The molecule has 0 bridgehead atoms. The zero-order valence-electron chi connectivity index (χ0n) is 16.8. The van der Waals surface area contributed by atoms with E-state index in [-0.39, 0.29) is 10.1 Å². The number of imide groups is 1. The van der Waals surface area contributed by atoms with Crippen molar-refractivity contribution in [2.45, 2.75) is 0 Å². The maximum Gasteiger partial charge on any atom is 0.266 e. The number of hydrogen-bond donors (Lipinski definition) is 2. The first-order chi connectivity index (χ1) is 15.8. The Labute approximate surface area is 204 Å². The summed E-state index contributed by atoms with van der Waals surface area (Å²) < 4.78 is 0. The van der Waals surface area contributed by atoms with Gasteiger partial charge in [-0.15, -0.1) is 0 Å². The molecule has 9 heteroatoms. The number of amides is 3. The Kier molecular flexibility index (Phi) is 6.55. The molecule has 0 fully saturated rings. The van der Waals surface area contributed by atoms with E-state index in [1.54, 1.807) is 66.7 Å². The van der Waals surface area contributed by atoms with Crippen molar-refractivity contribution in [2.24, 2.45) is 0 Å². The number of halogens is 2. The van der Waals surface area contributed by atoms with Gasteiger partial charge >= 0.3 is 0 Å². The van der Waals surface area contributed by atoms with Crippen molar-refractivity contribution in [3.63, 3.8) is 0 Å². The zero-order valence-corrected chi connectivity index (χ0v) is 19.2. The van der Waals surface area contributed by atoms with E-state index in [2.05, 4.69) is 10.6 Å². The van der Waals surface area contributed by atoms with Gasteiger partial charge in [0.1, 0.15) is 0 Å². The van der Waals surface area contributed by atoms with E-state index < -0.39 is 17.7 Å². The smallest absolute Gasteiger partial charge is 0.266 e. The molecule has 0 atom stereocenters. The molecule has 0 spiro atoms. The Morgan fingerprint density at radius 2 is 1.55 bits per heavy atom. The second-order valence-corrected chi connectivity index (χ2v) is 8.24. The predicted octanol–water partition coefficient (Wildman–Crippen LogP) is 5.32. The molecule has 0 aromatic heterocycles. The van der Waals surface area contributed by atoms with E-state index in [9.17, 15) is 14.4 Å². The average molecular weight is 496 g/mol. The minimum atomic E-state index is -0.429. The number of nitrogens with zero attached hydrogens (tertiary/aromatic N) is 1. The number of anilines is 2. The van der Waals surface area contributed by atoms with Crippen LogP contribution in [0.5, 0.6) is 0 Å². The summed E-state index contributed by atoms with van der Waals surface area (Å²) in [5.41, 5.74) is 2.23. The van der Waals surface area contributed by atoms with Crippen LogP contribution in [0.25, 0.3) is 6.08 Å². The summed E-state index contributed by atoms with van der Waals surface area (Å²) in [5, 5.41) is 6.22. The fourth-order valence-electron chi connectivity index (χ4n) is 3.22. The van der Waals surface area contributed by atoms with Crippen molar-refractivity contribution < 1.29 is 14.4 Å². The summed E-state index contributed by atoms with van der Waals surface area (Å²) in [5.74, 6) is -1.26. The van der Waals surface area contributed by atoms with Gasteiger partial charge in [0.05, 0.1) is 27.5 Å². The summed E-state index contributed by atoms with van der Waals surface area (Å²) >= 11 is 17.4. The van der Waals surface area contributed by atoms with Gasteiger partial charge in [0.15, 0.2) is 5.11 Å². The van der Waals surface area contributed by atoms with Crippen molar-refractivity contribution in [2.75, 3.05) is 10.2 Å². The molecule has 0 aliphatic carbocycles. The van der Waals surface area contributed by atoms with Crippen molar-refractivity contribution >= 4 is 75.7 Å². The van der Waals surface area contributed by atoms with Crippen LogP contribution in [0.2, 0.25) is 10.0 Å². The number of benzene rings is 3.